The Hall–Kier alpha value is -1.44. The number of carbonyl (C=O) groups excluding carboxylic acids is 1. The van der Waals surface area contributed by atoms with Crippen LogP contribution in [0.25, 0.3) is 0 Å². The van der Waals surface area contributed by atoms with E-state index in [1.54, 1.807) is 19.1 Å². The number of benzene rings is 1. The third kappa shape index (κ3) is 3.76. The number of hydrogen-bond acceptors (Lipinski definition) is 4. The molecule has 0 spiro atoms. The van der Waals surface area contributed by atoms with Crippen LogP contribution in [0.4, 0.5) is 5.69 Å². The van der Waals surface area contributed by atoms with Crippen molar-refractivity contribution in [1.29, 1.82) is 0 Å². The van der Waals surface area contributed by atoms with E-state index in [1.165, 1.54) is 19.2 Å². The van der Waals surface area contributed by atoms with E-state index < -0.39 is 15.6 Å². The molecule has 0 radical (unpaired) electrons. The number of rotatable bonds is 5. The van der Waals surface area contributed by atoms with E-state index >= 15 is 0 Å². The first-order valence-corrected chi connectivity index (χ1v) is 7.35. The first kappa shape index (κ1) is 15.6. The lowest BCUT2D eigenvalue weighted by atomic mass is 9.99. The standard InChI is InChI=1S/C12H19N3O3S/c1-4-12(2,13)11(16)15-9-6-5-7-10(8-9)19(17,18)14-3/h5-8,14H,4,13H2,1-3H3,(H,15,16). The van der Waals surface area contributed by atoms with Crippen molar-refractivity contribution < 1.29 is 13.2 Å². The zero-order valence-corrected chi connectivity index (χ0v) is 12.0. The van der Waals surface area contributed by atoms with Gasteiger partial charge >= 0.3 is 0 Å². The van der Waals surface area contributed by atoms with Crippen molar-refractivity contribution >= 4 is 21.6 Å². The molecule has 1 atom stereocenters. The van der Waals surface area contributed by atoms with E-state index in [1.807, 2.05) is 6.92 Å². The van der Waals surface area contributed by atoms with Gasteiger partial charge in [-0.25, -0.2) is 13.1 Å². The molecule has 19 heavy (non-hydrogen) atoms. The molecular formula is C12H19N3O3S. The highest BCUT2D eigenvalue weighted by molar-refractivity contribution is 7.89. The maximum atomic E-state index is 11.9. The van der Waals surface area contributed by atoms with Gasteiger partial charge in [0, 0.05) is 5.69 Å². The third-order valence-corrected chi connectivity index (χ3v) is 4.34. The fourth-order valence-electron chi connectivity index (χ4n) is 1.29. The van der Waals surface area contributed by atoms with Crippen LogP contribution in [-0.2, 0) is 14.8 Å². The Labute approximate surface area is 113 Å². The molecule has 0 saturated heterocycles. The molecule has 0 fully saturated rings. The fraction of sp³-hybridized carbons (Fsp3) is 0.417. The Balaban J connectivity index is 3.00. The zero-order chi connectivity index (χ0) is 14.7. The minimum atomic E-state index is -3.53. The first-order chi connectivity index (χ1) is 8.73. The summed E-state index contributed by atoms with van der Waals surface area (Å²) in [6, 6.07) is 6.00. The van der Waals surface area contributed by atoms with Crippen LogP contribution >= 0.6 is 0 Å². The summed E-state index contributed by atoms with van der Waals surface area (Å²) >= 11 is 0. The summed E-state index contributed by atoms with van der Waals surface area (Å²) in [5.74, 6) is -0.353. The van der Waals surface area contributed by atoms with E-state index in [0.29, 0.717) is 12.1 Å². The van der Waals surface area contributed by atoms with Gasteiger partial charge < -0.3 is 11.1 Å². The van der Waals surface area contributed by atoms with E-state index in [-0.39, 0.29) is 10.8 Å². The molecule has 1 aromatic rings. The largest absolute Gasteiger partial charge is 0.324 e. The average Bonchev–Trinajstić information content (AvgIpc) is 2.39. The predicted molar refractivity (Wildman–Crippen MR) is 74.2 cm³/mol. The summed E-state index contributed by atoms with van der Waals surface area (Å²) in [6.07, 6.45) is 0.480. The van der Waals surface area contributed by atoms with Crippen molar-refractivity contribution in [2.45, 2.75) is 30.7 Å². The van der Waals surface area contributed by atoms with Crippen molar-refractivity contribution in [3.8, 4) is 0 Å². The minimum absolute atomic E-state index is 0.0861. The molecule has 6 nitrogen and oxygen atoms in total. The van der Waals surface area contributed by atoms with Gasteiger partial charge in [0.1, 0.15) is 0 Å². The summed E-state index contributed by atoms with van der Waals surface area (Å²) in [5, 5.41) is 2.61. The molecule has 1 amide bonds. The van der Waals surface area contributed by atoms with Gasteiger partial charge in [0.2, 0.25) is 15.9 Å². The maximum Gasteiger partial charge on any atom is 0.244 e. The molecule has 106 valence electrons. The molecule has 4 N–H and O–H groups in total. The SMILES string of the molecule is CCC(C)(N)C(=O)Nc1cccc(S(=O)(=O)NC)c1. The number of nitrogens with one attached hydrogen (secondary N) is 2. The number of hydrogen-bond donors (Lipinski definition) is 3. The van der Waals surface area contributed by atoms with Crippen molar-refractivity contribution in [3.63, 3.8) is 0 Å². The third-order valence-electron chi connectivity index (χ3n) is 2.92. The molecule has 7 heteroatoms. The van der Waals surface area contributed by atoms with E-state index in [4.69, 9.17) is 5.73 Å². The van der Waals surface area contributed by atoms with Crippen LogP contribution in [-0.4, -0.2) is 26.9 Å². The van der Waals surface area contributed by atoms with Crippen LogP contribution in [0.3, 0.4) is 0 Å². The molecule has 0 saturated carbocycles. The van der Waals surface area contributed by atoms with Crippen LogP contribution < -0.4 is 15.8 Å². The van der Waals surface area contributed by atoms with Gasteiger partial charge in [-0.05, 0) is 38.6 Å². The summed E-state index contributed by atoms with van der Waals surface area (Å²) in [4.78, 5) is 12.0. The fourth-order valence-corrected chi connectivity index (χ4v) is 2.07. The Bertz CT molecular complexity index is 567. The second-order valence-electron chi connectivity index (χ2n) is 4.46. The first-order valence-electron chi connectivity index (χ1n) is 5.87. The molecule has 0 heterocycles. The van der Waals surface area contributed by atoms with E-state index in [2.05, 4.69) is 10.0 Å². The Kier molecular flexibility index (Phi) is 4.67. The minimum Gasteiger partial charge on any atom is -0.324 e. The Morgan fingerprint density at radius 3 is 2.58 bits per heavy atom. The molecule has 0 aliphatic rings. The van der Waals surface area contributed by atoms with Crippen molar-refractivity contribution in [1.82, 2.24) is 4.72 Å². The zero-order valence-electron chi connectivity index (χ0n) is 11.2. The van der Waals surface area contributed by atoms with Crippen LogP contribution in [0.2, 0.25) is 0 Å². The number of carbonyl (C=O) groups is 1. The van der Waals surface area contributed by atoms with Crippen LogP contribution in [0.1, 0.15) is 20.3 Å². The molecular weight excluding hydrogens is 266 g/mol. The topological polar surface area (TPSA) is 101 Å². The highest BCUT2D eigenvalue weighted by atomic mass is 32.2. The number of amides is 1. The van der Waals surface area contributed by atoms with Gasteiger partial charge in [-0.15, -0.1) is 0 Å². The van der Waals surface area contributed by atoms with E-state index in [0.717, 1.165) is 0 Å². The summed E-state index contributed by atoms with van der Waals surface area (Å²) < 4.78 is 25.5. The number of nitrogens with two attached hydrogens (primary N) is 1. The number of sulfonamides is 1. The Morgan fingerprint density at radius 1 is 1.42 bits per heavy atom. The van der Waals surface area contributed by atoms with Gasteiger partial charge in [0.25, 0.3) is 0 Å². The molecule has 0 aromatic heterocycles. The molecule has 1 aromatic carbocycles. The summed E-state index contributed by atoms with van der Waals surface area (Å²) in [6.45, 7) is 3.43. The molecule has 0 bridgehead atoms. The summed E-state index contributed by atoms with van der Waals surface area (Å²) in [7, 11) is -2.20. The maximum absolute atomic E-state index is 11.9. The van der Waals surface area contributed by atoms with Gasteiger partial charge in [-0.2, -0.15) is 0 Å². The lowest BCUT2D eigenvalue weighted by Crippen LogP contribution is -2.47. The second-order valence-corrected chi connectivity index (χ2v) is 6.35. The van der Waals surface area contributed by atoms with Crippen LogP contribution in [0.5, 0.6) is 0 Å². The van der Waals surface area contributed by atoms with E-state index in [9.17, 15) is 13.2 Å². The summed E-state index contributed by atoms with van der Waals surface area (Å²) in [5.41, 5.74) is 5.22. The average molecular weight is 285 g/mol. The highest BCUT2D eigenvalue weighted by Gasteiger charge is 2.26. The Morgan fingerprint density at radius 2 is 2.05 bits per heavy atom. The van der Waals surface area contributed by atoms with Gasteiger partial charge in [-0.3, -0.25) is 4.79 Å². The quantitative estimate of drug-likeness (QED) is 0.739. The smallest absolute Gasteiger partial charge is 0.244 e. The molecule has 1 rings (SSSR count). The van der Waals surface area contributed by atoms with Gasteiger partial charge in [-0.1, -0.05) is 13.0 Å². The second kappa shape index (κ2) is 5.68. The lowest BCUT2D eigenvalue weighted by Gasteiger charge is -2.21. The van der Waals surface area contributed by atoms with Crippen molar-refractivity contribution in [3.05, 3.63) is 24.3 Å². The molecule has 0 aliphatic heterocycles. The van der Waals surface area contributed by atoms with Crippen molar-refractivity contribution in [2.75, 3.05) is 12.4 Å². The van der Waals surface area contributed by atoms with Crippen LogP contribution in [0.15, 0.2) is 29.2 Å². The number of anilines is 1. The predicted octanol–water partition coefficient (Wildman–Crippen LogP) is 0.661. The molecule has 0 aliphatic carbocycles. The monoisotopic (exact) mass is 285 g/mol. The lowest BCUT2D eigenvalue weighted by molar-refractivity contribution is -0.120. The van der Waals surface area contributed by atoms with Gasteiger partial charge in [0.05, 0.1) is 10.4 Å². The van der Waals surface area contributed by atoms with Crippen LogP contribution in [0, 0.1) is 0 Å². The van der Waals surface area contributed by atoms with Crippen molar-refractivity contribution in [2.24, 2.45) is 5.73 Å². The molecule has 1 unspecified atom stereocenters. The normalized spacial score (nSPS) is 14.7. The van der Waals surface area contributed by atoms with Gasteiger partial charge in [0.15, 0.2) is 0 Å². The highest BCUT2D eigenvalue weighted by Crippen LogP contribution is 2.17.